The molecule has 9 atom stereocenters. The molecule has 2 bridgehead atoms. The van der Waals surface area contributed by atoms with E-state index >= 15 is 4.79 Å². The third kappa shape index (κ3) is 5.80. The van der Waals surface area contributed by atoms with Crippen molar-refractivity contribution >= 4 is 11.8 Å². The van der Waals surface area contributed by atoms with Gasteiger partial charge in [0.05, 0.1) is 24.3 Å². The quantitative estimate of drug-likeness (QED) is 0.117. The Bertz CT molecular complexity index is 2220. The van der Waals surface area contributed by atoms with Gasteiger partial charge in [-0.15, -0.1) is 0 Å². The molecule has 3 fully saturated rings. The highest BCUT2D eigenvalue weighted by molar-refractivity contribution is 6.14. The summed E-state index contributed by atoms with van der Waals surface area (Å²) in [6, 6.07) is 37.7. The van der Waals surface area contributed by atoms with E-state index in [0.717, 1.165) is 59.9 Å². The number of nitrogens with zero attached hydrogens (tertiary/aromatic N) is 1. The highest BCUT2D eigenvalue weighted by atomic mass is 16.3. The second-order valence-corrected chi connectivity index (χ2v) is 18.5. The number of carbonyl (C=O) groups is 2. The lowest BCUT2D eigenvalue weighted by atomic mass is 9.32. The molecule has 3 N–H and O–H groups in total. The average Bonchev–Trinajstić information content (AvgIpc) is 3.50. The molecule has 0 aliphatic heterocycles. The van der Waals surface area contributed by atoms with Crippen LogP contribution in [-0.4, -0.2) is 45.2 Å². The van der Waals surface area contributed by atoms with Crippen LogP contribution in [0.3, 0.4) is 0 Å². The van der Waals surface area contributed by atoms with Gasteiger partial charge in [-0.1, -0.05) is 147 Å². The van der Waals surface area contributed by atoms with Crippen LogP contribution in [0, 0.1) is 33.5 Å². The van der Waals surface area contributed by atoms with Crippen LogP contribution in [0.4, 0.5) is 4.79 Å². The van der Waals surface area contributed by atoms with E-state index in [-0.39, 0.29) is 41.7 Å². The minimum absolute atomic E-state index is 0.0315. The van der Waals surface area contributed by atoms with Crippen molar-refractivity contribution in [3.8, 4) is 11.1 Å². The normalized spacial score (nSPS) is 34.0. The number of rotatable bonds is 9. The van der Waals surface area contributed by atoms with Crippen LogP contribution in [0.2, 0.25) is 0 Å². The van der Waals surface area contributed by atoms with Crippen molar-refractivity contribution < 1.29 is 19.8 Å². The van der Waals surface area contributed by atoms with E-state index in [1.807, 2.05) is 115 Å². The van der Waals surface area contributed by atoms with Gasteiger partial charge in [0.1, 0.15) is 0 Å². The lowest BCUT2D eigenvalue weighted by molar-refractivity contribution is -0.174. The minimum atomic E-state index is -1.20. The third-order valence-electron chi connectivity index (χ3n) is 15.8. The standard InChI is InChI=1S/C51H56N2O4/c1-35(37-17-9-5-10-18-37)52-46(56)53(33-36-15-7-4-8-16-36)34-50(57)28-25-44-48(50,3)27-24-43-47(2)26-23-39(54)31-49(47)29-30-51(43,44)42(32-49)45(55)41-22-14-13-21-40(41)38-19-11-6-12-20-38/h4-22,29-30,32,35,39,43-44,54,57H,23-28,31,33-34H2,1-3H3,(H,52,56)/t35-,39?,43-,44-,47-,48+,49+,50-,51-/m1/s1. The molecule has 2 amide bonds. The molecule has 10 rings (SSSR count). The molecule has 6 heteroatoms. The van der Waals surface area contributed by atoms with E-state index in [0.29, 0.717) is 24.9 Å². The van der Waals surface area contributed by atoms with Gasteiger partial charge in [-0.05, 0) is 91.4 Å². The summed E-state index contributed by atoms with van der Waals surface area (Å²) in [6.45, 7) is 7.22. The molecule has 6 nitrogen and oxygen atoms in total. The molecular formula is C51H56N2O4. The Morgan fingerprint density at radius 1 is 0.772 bits per heavy atom. The van der Waals surface area contributed by atoms with Crippen molar-refractivity contribution in [2.45, 2.75) is 90.0 Å². The van der Waals surface area contributed by atoms with Crippen LogP contribution >= 0.6 is 0 Å². The number of ketones is 1. The molecule has 294 valence electrons. The second-order valence-electron chi connectivity index (χ2n) is 18.5. The molecule has 57 heavy (non-hydrogen) atoms. The van der Waals surface area contributed by atoms with E-state index in [2.05, 4.69) is 49.5 Å². The van der Waals surface area contributed by atoms with Crippen LogP contribution in [0.25, 0.3) is 11.1 Å². The molecule has 0 radical (unpaired) electrons. The maximum Gasteiger partial charge on any atom is 0.318 e. The SMILES string of the molecule is C[C@@H](NC(=O)N(Cc1ccccc1)C[C@]1(O)CC[C@H]2[C@]34C=C[C@@]5(C=C3C(=O)c3ccccc3-c3ccccc3)CC(O)CC[C@]5(C)[C@H]4CC[C@@]21C)c1ccccc1. The largest absolute Gasteiger partial charge is 0.393 e. The number of amides is 2. The first-order chi connectivity index (χ1) is 27.4. The van der Waals surface area contributed by atoms with Gasteiger partial charge in [-0.25, -0.2) is 4.79 Å². The zero-order chi connectivity index (χ0) is 39.6. The maximum absolute atomic E-state index is 15.5. The Hall–Kier alpha value is -4.78. The fourth-order valence-electron chi connectivity index (χ4n) is 12.7. The number of allylic oxidation sites excluding steroid dienone is 4. The van der Waals surface area contributed by atoms with Gasteiger partial charge < -0.3 is 20.4 Å². The number of hydrogen-bond donors (Lipinski definition) is 3. The lowest BCUT2D eigenvalue weighted by Gasteiger charge is -2.71. The molecule has 0 heterocycles. The zero-order valence-corrected chi connectivity index (χ0v) is 33.5. The first-order valence-electron chi connectivity index (χ1n) is 21.1. The number of Topliss-reactive ketones (excluding diaryl/α,β-unsaturated/α-hetero) is 1. The number of carbonyl (C=O) groups excluding carboxylic acids is 2. The number of fused-ring (bicyclic) bond motifs is 1. The van der Waals surface area contributed by atoms with Crippen molar-refractivity contribution in [3.63, 3.8) is 0 Å². The van der Waals surface area contributed by atoms with Crippen LogP contribution in [0.1, 0.15) is 93.2 Å². The molecule has 2 spiro atoms. The molecule has 6 aliphatic carbocycles. The van der Waals surface area contributed by atoms with Gasteiger partial charge in [0.25, 0.3) is 0 Å². The summed E-state index contributed by atoms with van der Waals surface area (Å²) in [6.07, 6.45) is 11.8. The predicted molar refractivity (Wildman–Crippen MR) is 225 cm³/mol. The fourth-order valence-corrected chi connectivity index (χ4v) is 12.7. The van der Waals surface area contributed by atoms with Gasteiger partial charge in [-0.2, -0.15) is 0 Å². The molecular weight excluding hydrogens is 705 g/mol. The molecule has 3 saturated carbocycles. The first-order valence-corrected chi connectivity index (χ1v) is 21.1. The van der Waals surface area contributed by atoms with Gasteiger partial charge in [-0.3, -0.25) is 4.79 Å². The Morgan fingerprint density at radius 2 is 1.39 bits per heavy atom. The zero-order valence-electron chi connectivity index (χ0n) is 33.5. The number of nitrogens with one attached hydrogen (secondary N) is 1. The smallest absolute Gasteiger partial charge is 0.318 e. The molecule has 4 aromatic carbocycles. The number of aliphatic hydroxyl groups excluding tert-OH is 1. The minimum Gasteiger partial charge on any atom is -0.393 e. The number of hydrogen-bond acceptors (Lipinski definition) is 4. The summed E-state index contributed by atoms with van der Waals surface area (Å²) in [5, 5.41) is 27.7. The maximum atomic E-state index is 15.5. The highest BCUT2D eigenvalue weighted by Crippen LogP contribution is 2.78. The van der Waals surface area contributed by atoms with Crippen LogP contribution in [-0.2, 0) is 6.54 Å². The Balaban J connectivity index is 1.12. The summed E-state index contributed by atoms with van der Waals surface area (Å²) in [5.74, 6) is 0.187. The molecule has 0 aromatic heterocycles. The van der Waals surface area contributed by atoms with Crippen molar-refractivity contribution in [1.82, 2.24) is 10.2 Å². The van der Waals surface area contributed by atoms with E-state index in [4.69, 9.17) is 0 Å². The number of urea groups is 1. The fraction of sp³-hybridized carbons (Fsp3) is 0.412. The third-order valence-corrected chi connectivity index (χ3v) is 15.8. The van der Waals surface area contributed by atoms with E-state index in [1.54, 1.807) is 0 Å². The van der Waals surface area contributed by atoms with Crippen LogP contribution in [0.15, 0.2) is 139 Å². The first kappa shape index (κ1) is 37.8. The predicted octanol–water partition coefficient (Wildman–Crippen LogP) is 10.1. The molecule has 1 unspecified atom stereocenters. The van der Waals surface area contributed by atoms with E-state index in [9.17, 15) is 15.0 Å². The monoisotopic (exact) mass is 760 g/mol. The van der Waals surface area contributed by atoms with E-state index < -0.39 is 27.9 Å². The Kier molecular flexibility index (Phi) is 9.25. The average molecular weight is 761 g/mol. The topological polar surface area (TPSA) is 89.9 Å². The van der Waals surface area contributed by atoms with Gasteiger partial charge >= 0.3 is 6.03 Å². The van der Waals surface area contributed by atoms with Gasteiger partial charge in [0.2, 0.25) is 0 Å². The van der Waals surface area contributed by atoms with Gasteiger partial charge in [0.15, 0.2) is 5.78 Å². The van der Waals surface area contributed by atoms with Gasteiger partial charge in [0, 0.05) is 33.9 Å². The van der Waals surface area contributed by atoms with Crippen molar-refractivity contribution in [2.75, 3.05) is 6.54 Å². The summed E-state index contributed by atoms with van der Waals surface area (Å²) >= 11 is 0. The summed E-state index contributed by atoms with van der Waals surface area (Å²) < 4.78 is 0. The number of aliphatic hydroxyl groups is 2. The lowest BCUT2D eigenvalue weighted by Crippen LogP contribution is -2.67. The van der Waals surface area contributed by atoms with Crippen molar-refractivity contribution in [1.29, 1.82) is 0 Å². The molecule has 4 aromatic rings. The Labute approximate surface area is 337 Å². The number of benzene rings is 4. The summed E-state index contributed by atoms with van der Waals surface area (Å²) in [7, 11) is 0. The summed E-state index contributed by atoms with van der Waals surface area (Å²) in [4.78, 5) is 31.7. The van der Waals surface area contributed by atoms with Crippen molar-refractivity contribution in [2.24, 2.45) is 33.5 Å². The molecule has 0 saturated heterocycles. The summed E-state index contributed by atoms with van der Waals surface area (Å²) in [5.41, 5.74) is 2.52. The van der Waals surface area contributed by atoms with E-state index in [1.165, 1.54) is 0 Å². The second kappa shape index (κ2) is 14.0. The van der Waals surface area contributed by atoms with Crippen LogP contribution < -0.4 is 5.32 Å². The van der Waals surface area contributed by atoms with Crippen molar-refractivity contribution in [3.05, 3.63) is 156 Å². The molecule has 6 aliphatic rings. The van der Waals surface area contributed by atoms with Crippen LogP contribution in [0.5, 0.6) is 0 Å². The Morgan fingerprint density at radius 3 is 2.12 bits per heavy atom. The highest BCUT2D eigenvalue weighted by Gasteiger charge is 2.74.